The van der Waals surface area contributed by atoms with Crippen molar-refractivity contribution >= 4 is 17.3 Å². The van der Waals surface area contributed by atoms with Crippen LogP contribution in [0.25, 0.3) is 0 Å². The summed E-state index contributed by atoms with van der Waals surface area (Å²) in [5.74, 6) is 1.54. The maximum Gasteiger partial charge on any atom is 0.135 e. The van der Waals surface area contributed by atoms with Gasteiger partial charge in [0, 0.05) is 24.8 Å². The first kappa shape index (κ1) is 13.3. The Morgan fingerprint density at radius 2 is 1.95 bits per heavy atom. The molecule has 19 heavy (non-hydrogen) atoms. The summed E-state index contributed by atoms with van der Waals surface area (Å²) >= 11 is 0. The van der Waals surface area contributed by atoms with Gasteiger partial charge in [0.25, 0.3) is 0 Å². The van der Waals surface area contributed by atoms with Gasteiger partial charge in [0.1, 0.15) is 18.0 Å². The molecule has 5 heteroatoms. The molecule has 0 fully saturated rings. The molecule has 2 rings (SSSR count). The third-order valence-corrected chi connectivity index (χ3v) is 2.98. The Labute approximate surface area is 113 Å². The summed E-state index contributed by atoms with van der Waals surface area (Å²) in [6.45, 7) is 5.45. The molecule has 0 radical (unpaired) electrons. The van der Waals surface area contributed by atoms with Crippen molar-refractivity contribution in [2.24, 2.45) is 5.73 Å². The van der Waals surface area contributed by atoms with E-state index in [1.807, 2.05) is 18.2 Å². The molecule has 4 N–H and O–H groups in total. The highest BCUT2D eigenvalue weighted by Crippen LogP contribution is 2.22. The number of rotatable bonds is 5. The summed E-state index contributed by atoms with van der Waals surface area (Å²) in [4.78, 5) is 8.36. The zero-order valence-corrected chi connectivity index (χ0v) is 11.3. The van der Waals surface area contributed by atoms with E-state index in [0.29, 0.717) is 13.1 Å². The lowest BCUT2D eigenvalue weighted by Gasteiger charge is -2.11. The molecule has 0 saturated carbocycles. The number of aryl methyl sites for hydroxylation is 1. The Balaban J connectivity index is 2.16. The van der Waals surface area contributed by atoms with Gasteiger partial charge in [-0.3, -0.25) is 0 Å². The molecule has 0 aliphatic carbocycles. The molecule has 0 unspecified atom stereocenters. The van der Waals surface area contributed by atoms with Crippen LogP contribution in [-0.4, -0.2) is 23.1 Å². The lowest BCUT2D eigenvalue weighted by molar-refractivity contribution is 1.00. The van der Waals surface area contributed by atoms with Crippen LogP contribution in [0.15, 0.2) is 30.6 Å². The van der Waals surface area contributed by atoms with Crippen LogP contribution in [0, 0.1) is 13.8 Å². The maximum atomic E-state index is 5.45. The molecular formula is C14H19N5. The van der Waals surface area contributed by atoms with E-state index in [-0.39, 0.29) is 0 Å². The second kappa shape index (κ2) is 6.15. The summed E-state index contributed by atoms with van der Waals surface area (Å²) in [6.07, 6.45) is 1.53. The van der Waals surface area contributed by atoms with Crippen molar-refractivity contribution < 1.29 is 0 Å². The van der Waals surface area contributed by atoms with E-state index < -0.39 is 0 Å². The first-order valence-electron chi connectivity index (χ1n) is 6.30. The number of hydrogen-bond acceptors (Lipinski definition) is 5. The Bertz CT molecular complexity index is 553. The van der Waals surface area contributed by atoms with Gasteiger partial charge in [0.2, 0.25) is 0 Å². The molecule has 0 aliphatic heterocycles. The van der Waals surface area contributed by atoms with Gasteiger partial charge in [-0.1, -0.05) is 12.1 Å². The van der Waals surface area contributed by atoms with Gasteiger partial charge in [-0.05, 0) is 31.0 Å². The van der Waals surface area contributed by atoms with Gasteiger partial charge in [-0.25, -0.2) is 9.97 Å². The number of anilines is 3. The van der Waals surface area contributed by atoms with Crippen molar-refractivity contribution in [3.63, 3.8) is 0 Å². The first-order chi connectivity index (χ1) is 9.20. The van der Waals surface area contributed by atoms with Crippen LogP contribution in [0.1, 0.15) is 11.1 Å². The molecular weight excluding hydrogens is 238 g/mol. The molecule has 0 spiro atoms. The third kappa shape index (κ3) is 3.42. The highest BCUT2D eigenvalue weighted by Gasteiger charge is 2.03. The van der Waals surface area contributed by atoms with Crippen molar-refractivity contribution in [2.75, 3.05) is 23.7 Å². The van der Waals surface area contributed by atoms with Gasteiger partial charge < -0.3 is 16.4 Å². The van der Waals surface area contributed by atoms with Gasteiger partial charge in [0.15, 0.2) is 0 Å². The molecule has 100 valence electrons. The summed E-state index contributed by atoms with van der Waals surface area (Å²) < 4.78 is 0. The fourth-order valence-corrected chi connectivity index (χ4v) is 1.75. The van der Waals surface area contributed by atoms with Crippen molar-refractivity contribution in [3.05, 3.63) is 41.7 Å². The molecule has 1 heterocycles. The number of nitrogens with zero attached hydrogens (tertiary/aromatic N) is 2. The standard InChI is InChI=1S/C14H19N5/c1-10-4-3-5-12(11(10)2)19-14-8-13(16-7-6-15)17-9-18-14/h3-5,8-9H,6-7,15H2,1-2H3,(H2,16,17,18,19). The third-order valence-electron chi connectivity index (χ3n) is 2.98. The van der Waals surface area contributed by atoms with Gasteiger partial charge in [-0.2, -0.15) is 0 Å². The Hall–Kier alpha value is -2.14. The number of nitrogens with one attached hydrogen (secondary N) is 2. The van der Waals surface area contributed by atoms with Gasteiger partial charge >= 0.3 is 0 Å². The zero-order chi connectivity index (χ0) is 13.7. The lowest BCUT2D eigenvalue weighted by atomic mass is 10.1. The topological polar surface area (TPSA) is 75.9 Å². The molecule has 2 aromatic rings. The number of hydrogen-bond donors (Lipinski definition) is 3. The molecule has 0 amide bonds. The van der Waals surface area contributed by atoms with Crippen LogP contribution in [0.4, 0.5) is 17.3 Å². The van der Waals surface area contributed by atoms with E-state index in [1.54, 1.807) is 0 Å². The van der Waals surface area contributed by atoms with Crippen LogP contribution in [-0.2, 0) is 0 Å². The van der Waals surface area contributed by atoms with Crippen LogP contribution >= 0.6 is 0 Å². The summed E-state index contributed by atoms with van der Waals surface area (Å²) in [6, 6.07) is 8.03. The predicted molar refractivity (Wildman–Crippen MR) is 78.8 cm³/mol. The quantitative estimate of drug-likeness (QED) is 0.765. The fraction of sp³-hybridized carbons (Fsp3) is 0.286. The highest BCUT2D eigenvalue weighted by molar-refractivity contribution is 5.63. The van der Waals surface area contributed by atoms with E-state index in [4.69, 9.17) is 5.73 Å². The summed E-state index contributed by atoms with van der Waals surface area (Å²) in [7, 11) is 0. The van der Waals surface area contributed by atoms with Crippen LogP contribution < -0.4 is 16.4 Å². The predicted octanol–water partition coefficient (Wildman–Crippen LogP) is 2.21. The van der Waals surface area contributed by atoms with E-state index in [0.717, 1.165) is 17.3 Å². The molecule has 1 aromatic carbocycles. The number of aromatic nitrogens is 2. The van der Waals surface area contributed by atoms with E-state index in [9.17, 15) is 0 Å². The minimum absolute atomic E-state index is 0.573. The van der Waals surface area contributed by atoms with Crippen molar-refractivity contribution in [1.29, 1.82) is 0 Å². The fourth-order valence-electron chi connectivity index (χ4n) is 1.75. The Kier molecular flexibility index (Phi) is 4.30. The number of benzene rings is 1. The van der Waals surface area contributed by atoms with Gasteiger partial charge in [-0.15, -0.1) is 0 Å². The second-order valence-electron chi connectivity index (χ2n) is 4.38. The monoisotopic (exact) mass is 257 g/mol. The molecule has 0 saturated heterocycles. The van der Waals surface area contributed by atoms with Crippen LogP contribution in [0.5, 0.6) is 0 Å². The maximum absolute atomic E-state index is 5.45. The minimum Gasteiger partial charge on any atom is -0.369 e. The Morgan fingerprint density at radius 3 is 2.74 bits per heavy atom. The van der Waals surface area contributed by atoms with Crippen LogP contribution in [0.3, 0.4) is 0 Å². The number of nitrogens with two attached hydrogens (primary N) is 1. The smallest absolute Gasteiger partial charge is 0.135 e. The van der Waals surface area contributed by atoms with Gasteiger partial charge in [0.05, 0.1) is 0 Å². The molecule has 0 atom stereocenters. The van der Waals surface area contributed by atoms with Crippen molar-refractivity contribution in [1.82, 2.24) is 9.97 Å². The molecule has 0 aliphatic rings. The Morgan fingerprint density at radius 1 is 1.16 bits per heavy atom. The highest BCUT2D eigenvalue weighted by atomic mass is 15.1. The van der Waals surface area contributed by atoms with E-state index in [1.165, 1.54) is 17.5 Å². The largest absolute Gasteiger partial charge is 0.369 e. The first-order valence-corrected chi connectivity index (χ1v) is 6.30. The van der Waals surface area contributed by atoms with Crippen LogP contribution in [0.2, 0.25) is 0 Å². The SMILES string of the molecule is Cc1cccc(Nc2cc(NCCN)ncn2)c1C. The molecule has 0 bridgehead atoms. The summed E-state index contributed by atoms with van der Waals surface area (Å²) in [5, 5.41) is 6.44. The lowest BCUT2D eigenvalue weighted by Crippen LogP contribution is -2.14. The van der Waals surface area contributed by atoms with Crippen molar-refractivity contribution in [3.8, 4) is 0 Å². The van der Waals surface area contributed by atoms with E-state index >= 15 is 0 Å². The minimum atomic E-state index is 0.573. The summed E-state index contributed by atoms with van der Waals surface area (Å²) in [5.41, 5.74) is 8.98. The normalized spacial score (nSPS) is 10.3. The zero-order valence-electron chi connectivity index (χ0n) is 11.3. The second-order valence-corrected chi connectivity index (χ2v) is 4.38. The molecule has 1 aromatic heterocycles. The van der Waals surface area contributed by atoms with E-state index in [2.05, 4.69) is 40.5 Å². The molecule has 5 nitrogen and oxygen atoms in total. The average molecular weight is 257 g/mol. The average Bonchev–Trinajstić information content (AvgIpc) is 2.42. The van der Waals surface area contributed by atoms with Crippen molar-refractivity contribution in [2.45, 2.75) is 13.8 Å².